The Balaban J connectivity index is 2.15. The number of carboxylic acids is 1. The molecular formula is C14H20N2O3. The number of hydrogen-bond donors (Lipinski definition) is 2. The molecule has 1 heterocycles. The van der Waals surface area contributed by atoms with Crippen molar-refractivity contribution in [2.45, 2.75) is 38.1 Å². The Bertz CT molecular complexity index is 413. The van der Waals surface area contributed by atoms with Crippen LogP contribution in [0.25, 0.3) is 0 Å². The highest BCUT2D eigenvalue weighted by molar-refractivity contribution is 5.87. The van der Waals surface area contributed by atoms with Gasteiger partial charge in [0.1, 0.15) is 5.82 Å². The Morgan fingerprint density at radius 3 is 2.58 bits per heavy atom. The van der Waals surface area contributed by atoms with Crippen LogP contribution in [0.3, 0.4) is 0 Å². The highest BCUT2D eigenvalue weighted by Gasteiger charge is 2.22. The minimum Gasteiger partial charge on any atom is -0.478 e. The van der Waals surface area contributed by atoms with Gasteiger partial charge in [-0.15, -0.1) is 0 Å². The van der Waals surface area contributed by atoms with E-state index in [1.54, 1.807) is 12.1 Å². The van der Waals surface area contributed by atoms with Crippen LogP contribution in [0.2, 0.25) is 0 Å². The van der Waals surface area contributed by atoms with Crippen molar-refractivity contribution < 1.29 is 15.0 Å². The second kappa shape index (κ2) is 6.52. The monoisotopic (exact) mass is 264 g/mol. The predicted molar refractivity (Wildman–Crippen MR) is 72.5 cm³/mol. The van der Waals surface area contributed by atoms with Crippen molar-refractivity contribution in [3.63, 3.8) is 0 Å². The molecule has 2 rings (SSSR count). The van der Waals surface area contributed by atoms with E-state index in [1.165, 1.54) is 25.5 Å². The van der Waals surface area contributed by atoms with Crippen LogP contribution in [-0.2, 0) is 0 Å². The number of hydrogen-bond acceptors (Lipinski definition) is 4. The first kappa shape index (κ1) is 13.8. The van der Waals surface area contributed by atoms with E-state index in [2.05, 4.69) is 9.88 Å². The molecule has 0 spiro atoms. The lowest BCUT2D eigenvalue weighted by Crippen LogP contribution is -2.39. The number of aromatic carboxylic acids is 1. The Morgan fingerprint density at radius 1 is 1.32 bits per heavy atom. The first-order valence-corrected chi connectivity index (χ1v) is 6.79. The summed E-state index contributed by atoms with van der Waals surface area (Å²) in [5, 5.41) is 18.1. The van der Waals surface area contributed by atoms with Gasteiger partial charge in [-0.3, -0.25) is 0 Å². The average Bonchev–Trinajstić information content (AvgIpc) is 2.46. The minimum absolute atomic E-state index is 0.0822. The van der Waals surface area contributed by atoms with E-state index in [0.717, 1.165) is 18.7 Å². The molecule has 0 amide bonds. The van der Waals surface area contributed by atoms with Crippen molar-refractivity contribution in [2.24, 2.45) is 0 Å². The molecule has 5 heteroatoms. The number of aliphatic hydroxyl groups excluding tert-OH is 1. The molecule has 1 fully saturated rings. The Hall–Kier alpha value is -1.62. The van der Waals surface area contributed by atoms with Crippen molar-refractivity contribution in [1.29, 1.82) is 0 Å². The Morgan fingerprint density at radius 2 is 2.05 bits per heavy atom. The lowest BCUT2D eigenvalue weighted by Gasteiger charge is -2.34. The molecule has 0 aromatic carbocycles. The van der Waals surface area contributed by atoms with Crippen LogP contribution < -0.4 is 4.90 Å². The van der Waals surface area contributed by atoms with Crippen molar-refractivity contribution in [1.82, 2.24) is 4.98 Å². The molecule has 0 bridgehead atoms. The van der Waals surface area contributed by atoms with Crippen LogP contribution in [0.15, 0.2) is 18.3 Å². The van der Waals surface area contributed by atoms with E-state index in [-0.39, 0.29) is 12.2 Å². The van der Waals surface area contributed by atoms with Gasteiger partial charge >= 0.3 is 5.97 Å². The van der Waals surface area contributed by atoms with Crippen LogP contribution in [0.5, 0.6) is 0 Å². The lowest BCUT2D eigenvalue weighted by molar-refractivity contribution is 0.0696. The van der Waals surface area contributed by atoms with Gasteiger partial charge in [-0.25, -0.2) is 9.78 Å². The molecule has 0 saturated heterocycles. The first-order chi connectivity index (χ1) is 9.22. The molecule has 1 saturated carbocycles. The van der Waals surface area contributed by atoms with E-state index in [1.807, 2.05) is 0 Å². The van der Waals surface area contributed by atoms with Gasteiger partial charge in [0.15, 0.2) is 0 Å². The van der Waals surface area contributed by atoms with Crippen LogP contribution in [-0.4, -0.2) is 40.4 Å². The molecule has 1 aliphatic rings. The number of aromatic nitrogens is 1. The summed E-state index contributed by atoms with van der Waals surface area (Å²) < 4.78 is 0. The van der Waals surface area contributed by atoms with Crippen LogP contribution >= 0.6 is 0 Å². The normalized spacial score (nSPS) is 16.3. The average molecular weight is 264 g/mol. The third-order valence-corrected chi connectivity index (χ3v) is 3.65. The lowest BCUT2D eigenvalue weighted by atomic mass is 9.94. The molecule has 0 aliphatic heterocycles. The van der Waals surface area contributed by atoms with E-state index in [9.17, 15) is 9.90 Å². The predicted octanol–water partition coefficient (Wildman–Crippen LogP) is 1.91. The molecule has 104 valence electrons. The highest BCUT2D eigenvalue weighted by atomic mass is 16.4. The fourth-order valence-corrected chi connectivity index (χ4v) is 2.67. The number of carboxylic acid groups (broad SMARTS) is 1. The van der Waals surface area contributed by atoms with Crippen LogP contribution in [0, 0.1) is 0 Å². The van der Waals surface area contributed by atoms with Crippen molar-refractivity contribution >= 4 is 11.8 Å². The van der Waals surface area contributed by atoms with Gasteiger partial charge in [0.05, 0.1) is 12.2 Å². The number of rotatable bonds is 5. The van der Waals surface area contributed by atoms with Crippen molar-refractivity contribution in [2.75, 3.05) is 18.1 Å². The summed E-state index contributed by atoms with van der Waals surface area (Å²) in [5.41, 5.74) is 0.191. The zero-order valence-corrected chi connectivity index (χ0v) is 11.0. The maximum atomic E-state index is 10.8. The topological polar surface area (TPSA) is 73.7 Å². The van der Waals surface area contributed by atoms with E-state index in [4.69, 9.17) is 5.11 Å². The summed E-state index contributed by atoms with van der Waals surface area (Å²) in [4.78, 5) is 17.1. The molecule has 1 aromatic rings. The number of aliphatic hydroxyl groups is 1. The smallest absolute Gasteiger partial charge is 0.337 e. The van der Waals surface area contributed by atoms with Crippen LogP contribution in [0.1, 0.15) is 42.5 Å². The number of nitrogens with zero attached hydrogens (tertiary/aromatic N) is 2. The third-order valence-electron chi connectivity index (χ3n) is 3.65. The van der Waals surface area contributed by atoms with E-state index in [0.29, 0.717) is 12.6 Å². The largest absolute Gasteiger partial charge is 0.478 e. The first-order valence-electron chi connectivity index (χ1n) is 6.79. The molecule has 1 aromatic heterocycles. The van der Waals surface area contributed by atoms with Crippen molar-refractivity contribution in [3.05, 3.63) is 23.9 Å². The van der Waals surface area contributed by atoms with Gasteiger partial charge in [-0.2, -0.15) is 0 Å². The summed E-state index contributed by atoms with van der Waals surface area (Å²) in [7, 11) is 0. The number of anilines is 1. The third kappa shape index (κ3) is 3.44. The van der Waals surface area contributed by atoms with E-state index < -0.39 is 5.97 Å². The fourth-order valence-electron chi connectivity index (χ4n) is 2.67. The molecule has 2 N–H and O–H groups in total. The van der Waals surface area contributed by atoms with E-state index >= 15 is 0 Å². The summed E-state index contributed by atoms with van der Waals surface area (Å²) in [6.45, 7) is 0.628. The summed E-state index contributed by atoms with van der Waals surface area (Å²) >= 11 is 0. The maximum Gasteiger partial charge on any atom is 0.337 e. The molecule has 0 atom stereocenters. The van der Waals surface area contributed by atoms with Gasteiger partial charge in [-0.1, -0.05) is 19.3 Å². The summed E-state index contributed by atoms with van der Waals surface area (Å²) in [6, 6.07) is 3.70. The van der Waals surface area contributed by atoms with Gasteiger partial charge in [0, 0.05) is 18.8 Å². The molecule has 1 aliphatic carbocycles. The zero-order valence-electron chi connectivity index (χ0n) is 11.0. The Labute approximate surface area is 112 Å². The molecular weight excluding hydrogens is 244 g/mol. The van der Waals surface area contributed by atoms with Gasteiger partial charge in [-0.05, 0) is 25.0 Å². The molecule has 0 radical (unpaired) electrons. The van der Waals surface area contributed by atoms with Crippen molar-refractivity contribution in [3.8, 4) is 0 Å². The summed E-state index contributed by atoms with van der Waals surface area (Å²) in [6.07, 6.45) is 7.30. The van der Waals surface area contributed by atoms with Gasteiger partial charge < -0.3 is 15.1 Å². The van der Waals surface area contributed by atoms with Crippen LogP contribution in [0.4, 0.5) is 5.82 Å². The Kier molecular flexibility index (Phi) is 4.74. The molecule has 19 heavy (non-hydrogen) atoms. The highest BCUT2D eigenvalue weighted by Crippen LogP contribution is 2.26. The number of carbonyl (C=O) groups is 1. The van der Waals surface area contributed by atoms with Gasteiger partial charge in [0.2, 0.25) is 0 Å². The quantitative estimate of drug-likeness (QED) is 0.849. The number of pyridine rings is 1. The maximum absolute atomic E-state index is 10.8. The summed E-state index contributed by atoms with van der Waals surface area (Å²) in [5.74, 6) is -0.212. The second-order valence-corrected chi connectivity index (χ2v) is 4.92. The second-order valence-electron chi connectivity index (χ2n) is 4.92. The fraction of sp³-hybridized carbons (Fsp3) is 0.571. The van der Waals surface area contributed by atoms with Gasteiger partial charge in [0.25, 0.3) is 0 Å². The molecule has 0 unspecified atom stereocenters. The minimum atomic E-state index is -0.967. The molecule has 5 nitrogen and oxygen atoms in total. The zero-order chi connectivity index (χ0) is 13.7. The SMILES string of the molecule is O=C(O)c1ccc(N(CCO)C2CCCCC2)nc1. The standard InChI is InChI=1S/C14H20N2O3/c17-9-8-16(12-4-2-1-3-5-12)13-7-6-11(10-15-13)14(18)19/h6-7,10,12,17H,1-5,8-9H2,(H,18,19).